The Hall–Kier alpha value is -0.160. The lowest BCUT2D eigenvalue weighted by Gasteiger charge is -2.27. The Morgan fingerprint density at radius 2 is 1.67 bits per heavy atom. The van der Waals surface area contributed by atoms with Gasteiger partial charge in [0.05, 0.1) is 0 Å². The number of aliphatic hydroxyl groups excluding tert-OH is 1. The zero-order chi connectivity index (χ0) is 11.7. The Bertz CT molecular complexity index is 135. The van der Waals surface area contributed by atoms with E-state index < -0.39 is 12.4 Å². The number of hydrogen-bond donors (Lipinski definition) is 1. The summed E-state index contributed by atoms with van der Waals surface area (Å²) in [4.78, 5) is 0. The topological polar surface area (TPSA) is 47.9 Å². The maximum absolute atomic E-state index is 9.96. The number of methoxy groups -OCH3 is 1. The summed E-state index contributed by atoms with van der Waals surface area (Å²) in [6.07, 6.45) is -0.319. The molecule has 0 aliphatic carbocycles. The second-order valence-electron chi connectivity index (χ2n) is 3.53. The molecule has 0 amide bonds. The molecule has 0 aliphatic rings. The molecular formula is C11H24O4. The van der Waals surface area contributed by atoms with Crippen LogP contribution in [0.15, 0.2) is 0 Å². The molecule has 0 spiro atoms. The van der Waals surface area contributed by atoms with E-state index in [4.69, 9.17) is 14.2 Å². The van der Waals surface area contributed by atoms with Crippen LogP contribution < -0.4 is 0 Å². The third-order valence-electron chi connectivity index (χ3n) is 2.30. The van der Waals surface area contributed by atoms with E-state index >= 15 is 0 Å². The minimum atomic E-state index is -0.597. The minimum absolute atomic E-state index is 0.105. The SMILES string of the molecule is CCOC(OCC)C(O)C(C)CCOC. The van der Waals surface area contributed by atoms with E-state index in [1.807, 2.05) is 20.8 Å². The average molecular weight is 220 g/mol. The van der Waals surface area contributed by atoms with Crippen LogP contribution >= 0.6 is 0 Å². The lowest BCUT2D eigenvalue weighted by Crippen LogP contribution is -2.37. The summed E-state index contributed by atoms with van der Waals surface area (Å²) in [6, 6.07) is 0. The quantitative estimate of drug-likeness (QED) is 0.597. The first-order valence-corrected chi connectivity index (χ1v) is 5.57. The molecule has 0 bridgehead atoms. The van der Waals surface area contributed by atoms with E-state index in [0.29, 0.717) is 19.8 Å². The largest absolute Gasteiger partial charge is 0.388 e. The lowest BCUT2D eigenvalue weighted by atomic mass is 10.0. The van der Waals surface area contributed by atoms with Gasteiger partial charge in [-0.05, 0) is 26.2 Å². The molecule has 0 aromatic heterocycles. The number of aliphatic hydroxyl groups is 1. The smallest absolute Gasteiger partial charge is 0.183 e. The van der Waals surface area contributed by atoms with Gasteiger partial charge in [0.1, 0.15) is 6.10 Å². The third kappa shape index (κ3) is 6.10. The molecule has 0 radical (unpaired) electrons. The lowest BCUT2D eigenvalue weighted by molar-refractivity contribution is -0.201. The van der Waals surface area contributed by atoms with Crippen molar-refractivity contribution in [3.63, 3.8) is 0 Å². The second kappa shape index (κ2) is 9.09. The van der Waals surface area contributed by atoms with Crippen LogP contribution in [0, 0.1) is 5.92 Å². The molecule has 1 N–H and O–H groups in total. The first-order chi connectivity index (χ1) is 7.17. The van der Waals surface area contributed by atoms with Crippen LogP contribution in [0.25, 0.3) is 0 Å². The van der Waals surface area contributed by atoms with Crippen LogP contribution in [-0.2, 0) is 14.2 Å². The van der Waals surface area contributed by atoms with Crippen LogP contribution in [0.5, 0.6) is 0 Å². The summed E-state index contributed by atoms with van der Waals surface area (Å²) in [5, 5.41) is 9.96. The first-order valence-electron chi connectivity index (χ1n) is 5.57. The summed E-state index contributed by atoms with van der Waals surface area (Å²) in [6.45, 7) is 7.46. The van der Waals surface area contributed by atoms with Crippen LogP contribution in [0.3, 0.4) is 0 Å². The van der Waals surface area contributed by atoms with Crippen molar-refractivity contribution in [2.45, 2.75) is 39.6 Å². The van der Waals surface area contributed by atoms with Crippen molar-refractivity contribution < 1.29 is 19.3 Å². The van der Waals surface area contributed by atoms with Crippen LogP contribution in [0.1, 0.15) is 27.2 Å². The number of ether oxygens (including phenoxy) is 3. The highest BCUT2D eigenvalue weighted by atomic mass is 16.7. The van der Waals surface area contributed by atoms with Crippen molar-refractivity contribution in [3.05, 3.63) is 0 Å². The van der Waals surface area contributed by atoms with Gasteiger partial charge in [-0.15, -0.1) is 0 Å². The predicted octanol–water partition coefficient (Wildman–Crippen LogP) is 1.42. The molecule has 4 heteroatoms. The zero-order valence-corrected chi connectivity index (χ0v) is 10.2. The zero-order valence-electron chi connectivity index (χ0n) is 10.2. The fraction of sp³-hybridized carbons (Fsp3) is 1.00. The van der Waals surface area contributed by atoms with E-state index in [9.17, 15) is 5.11 Å². The molecule has 2 atom stereocenters. The molecule has 92 valence electrons. The van der Waals surface area contributed by atoms with Crippen molar-refractivity contribution in [1.29, 1.82) is 0 Å². The van der Waals surface area contributed by atoms with E-state index in [0.717, 1.165) is 6.42 Å². The van der Waals surface area contributed by atoms with Gasteiger partial charge in [-0.1, -0.05) is 6.92 Å². The van der Waals surface area contributed by atoms with Gasteiger partial charge in [0, 0.05) is 26.9 Å². The summed E-state index contributed by atoms with van der Waals surface area (Å²) in [5.41, 5.74) is 0. The Morgan fingerprint density at radius 3 is 2.07 bits per heavy atom. The third-order valence-corrected chi connectivity index (χ3v) is 2.30. The molecule has 0 saturated carbocycles. The Labute approximate surface area is 92.5 Å². The molecule has 2 unspecified atom stereocenters. The minimum Gasteiger partial charge on any atom is -0.388 e. The molecule has 4 nitrogen and oxygen atoms in total. The molecule has 0 aromatic rings. The van der Waals surface area contributed by atoms with E-state index in [2.05, 4.69) is 0 Å². The molecule has 0 aromatic carbocycles. The van der Waals surface area contributed by atoms with Gasteiger partial charge in [-0.2, -0.15) is 0 Å². The first kappa shape index (κ1) is 14.8. The van der Waals surface area contributed by atoms with Crippen LogP contribution in [-0.4, -0.2) is 44.4 Å². The van der Waals surface area contributed by atoms with Gasteiger partial charge in [-0.25, -0.2) is 0 Å². The van der Waals surface area contributed by atoms with Crippen LogP contribution in [0.4, 0.5) is 0 Å². The van der Waals surface area contributed by atoms with Crippen molar-refractivity contribution in [1.82, 2.24) is 0 Å². The van der Waals surface area contributed by atoms with Gasteiger partial charge in [0.2, 0.25) is 0 Å². The highest BCUT2D eigenvalue weighted by Crippen LogP contribution is 2.15. The Morgan fingerprint density at radius 1 is 1.13 bits per heavy atom. The van der Waals surface area contributed by atoms with Gasteiger partial charge < -0.3 is 19.3 Å². The van der Waals surface area contributed by atoms with Crippen LogP contribution in [0.2, 0.25) is 0 Å². The van der Waals surface area contributed by atoms with Crippen molar-refractivity contribution in [2.75, 3.05) is 26.9 Å². The van der Waals surface area contributed by atoms with Crippen molar-refractivity contribution in [3.8, 4) is 0 Å². The molecule has 0 heterocycles. The average Bonchev–Trinajstić information content (AvgIpc) is 2.24. The molecule has 0 rings (SSSR count). The van der Waals surface area contributed by atoms with Gasteiger partial charge in [0.15, 0.2) is 6.29 Å². The Kier molecular flexibility index (Phi) is 9.00. The van der Waals surface area contributed by atoms with Crippen molar-refractivity contribution >= 4 is 0 Å². The van der Waals surface area contributed by atoms with Gasteiger partial charge in [-0.3, -0.25) is 0 Å². The molecule has 0 aliphatic heterocycles. The summed E-state index contributed by atoms with van der Waals surface area (Å²) in [5.74, 6) is 0.105. The van der Waals surface area contributed by atoms with Crippen molar-refractivity contribution in [2.24, 2.45) is 5.92 Å². The fourth-order valence-electron chi connectivity index (χ4n) is 1.32. The maximum atomic E-state index is 9.96. The van der Waals surface area contributed by atoms with E-state index in [1.165, 1.54) is 0 Å². The van der Waals surface area contributed by atoms with Gasteiger partial charge in [0.25, 0.3) is 0 Å². The molecule has 0 saturated heterocycles. The van der Waals surface area contributed by atoms with Gasteiger partial charge >= 0.3 is 0 Å². The fourth-order valence-corrected chi connectivity index (χ4v) is 1.32. The number of rotatable bonds is 9. The predicted molar refractivity (Wildman–Crippen MR) is 58.7 cm³/mol. The molecule has 15 heavy (non-hydrogen) atoms. The molecular weight excluding hydrogens is 196 g/mol. The standard InChI is InChI=1S/C11H24O4/c1-5-14-11(15-6-2)10(12)9(3)7-8-13-4/h9-12H,5-8H2,1-4H3. The summed E-state index contributed by atoms with van der Waals surface area (Å²) >= 11 is 0. The summed E-state index contributed by atoms with van der Waals surface area (Å²) < 4.78 is 15.6. The Balaban J connectivity index is 4.02. The highest BCUT2D eigenvalue weighted by molar-refractivity contribution is 4.68. The van der Waals surface area contributed by atoms with E-state index in [1.54, 1.807) is 7.11 Å². The molecule has 0 fully saturated rings. The van der Waals surface area contributed by atoms with E-state index in [-0.39, 0.29) is 5.92 Å². The highest BCUT2D eigenvalue weighted by Gasteiger charge is 2.25. The summed E-state index contributed by atoms with van der Waals surface area (Å²) in [7, 11) is 1.65. The number of hydrogen-bond acceptors (Lipinski definition) is 4. The second-order valence-corrected chi connectivity index (χ2v) is 3.53. The monoisotopic (exact) mass is 220 g/mol. The maximum Gasteiger partial charge on any atom is 0.183 e. The normalized spacial score (nSPS) is 15.6.